The minimum Gasteiger partial charge on any atom is -0.355 e. The molecule has 1 amide bonds. The third-order valence-corrected chi connectivity index (χ3v) is 6.02. The van der Waals surface area contributed by atoms with Crippen LogP contribution < -0.4 is 10.2 Å². The first kappa shape index (κ1) is 17.0. The Morgan fingerprint density at radius 3 is 2.62 bits per heavy atom. The van der Waals surface area contributed by atoms with Gasteiger partial charge in [-0.1, -0.05) is 17.4 Å². The van der Waals surface area contributed by atoms with Crippen LogP contribution in [0.4, 0.5) is 10.9 Å². The fourth-order valence-electron chi connectivity index (χ4n) is 2.97. The monoisotopic (exact) mass is 386 g/mol. The maximum absolute atomic E-state index is 12.4. The summed E-state index contributed by atoms with van der Waals surface area (Å²) in [5, 5.41) is 22.9. The molecule has 0 aromatic carbocycles. The van der Waals surface area contributed by atoms with E-state index < -0.39 is 0 Å². The number of amides is 1. The number of nitrogens with one attached hydrogen (secondary N) is 1. The molecule has 26 heavy (non-hydrogen) atoms. The highest BCUT2D eigenvalue weighted by Crippen LogP contribution is 2.26. The molecule has 0 unspecified atom stereocenters. The molecule has 134 valence electrons. The van der Waals surface area contributed by atoms with E-state index in [4.69, 9.17) is 0 Å². The maximum Gasteiger partial charge on any atom is 0.229 e. The summed E-state index contributed by atoms with van der Waals surface area (Å²) >= 11 is 3.05. The largest absolute Gasteiger partial charge is 0.355 e. The SMILES string of the molecule is Cc1nnc(NC(=O)C2CCN(c3ccc(-c4cccs4)nn3)CC2)s1. The van der Waals surface area contributed by atoms with Gasteiger partial charge < -0.3 is 10.2 Å². The van der Waals surface area contributed by atoms with E-state index in [2.05, 4.69) is 30.6 Å². The molecule has 0 bridgehead atoms. The van der Waals surface area contributed by atoms with E-state index in [0.29, 0.717) is 5.13 Å². The lowest BCUT2D eigenvalue weighted by Crippen LogP contribution is -2.38. The molecule has 1 fully saturated rings. The summed E-state index contributed by atoms with van der Waals surface area (Å²) in [6.07, 6.45) is 1.58. The molecular weight excluding hydrogens is 368 g/mol. The summed E-state index contributed by atoms with van der Waals surface area (Å²) in [6, 6.07) is 8.06. The van der Waals surface area contributed by atoms with Crippen LogP contribution in [0.1, 0.15) is 17.8 Å². The molecule has 9 heteroatoms. The first-order chi connectivity index (χ1) is 12.7. The van der Waals surface area contributed by atoms with Crippen LogP contribution in [-0.4, -0.2) is 39.4 Å². The number of hydrogen-bond acceptors (Lipinski definition) is 8. The third-order valence-electron chi connectivity index (χ3n) is 4.37. The Labute approximate surface area is 159 Å². The van der Waals surface area contributed by atoms with E-state index in [1.54, 1.807) is 11.3 Å². The lowest BCUT2D eigenvalue weighted by molar-refractivity contribution is -0.120. The summed E-state index contributed by atoms with van der Waals surface area (Å²) in [7, 11) is 0. The first-order valence-corrected chi connectivity index (χ1v) is 10.1. The van der Waals surface area contributed by atoms with E-state index in [-0.39, 0.29) is 11.8 Å². The van der Waals surface area contributed by atoms with Crippen molar-refractivity contribution in [3.8, 4) is 10.6 Å². The number of rotatable bonds is 4. The molecule has 3 aromatic rings. The Kier molecular flexibility index (Phi) is 4.89. The number of piperidine rings is 1. The second-order valence-electron chi connectivity index (χ2n) is 6.13. The van der Waals surface area contributed by atoms with E-state index in [1.165, 1.54) is 11.3 Å². The Bertz CT molecular complexity index is 869. The van der Waals surface area contributed by atoms with Crippen molar-refractivity contribution in [2.75, 3.05) is 23.3 Å². The number of hydrogen-bond donors (Lipinski definition) is 1. The molecule has 1 aliphatic heterocycles. The molecule has 0 atom stereocenters. The lowest BCUT2D eigenvalue weighted by atomic mass is 9.96. The Morgan fingerprint density at radius 2 is 2.00 bits per heavy atom. The van der Waals surface area contributed by atoms with E-state index in [1.807, 2.05) is 36.6 Å². The van der Waals surface area contributed by atoms with E-state index >= 15 is 0 Å². The van der Waals surface area contributed by atoms with Gasteiger partial charge >= 0.3 is 0 Å². The first-order valence-electron chi connectivity index (χ1n) is 8.42. The number of nitrogens with zero attached hydrogens (tertiary/aromatic N) is 5. The topological polar surface area (TPSA) is 83.9 Å². The highest BCUT2D eigenvalue weighted by molar-refractivity contribution is 7.15. The highest BCUT2D eigenvalue weighted by Gasteiger charge is 2.26. The van der Waals surface area contributed by atoms with Crippen molar-refractivity contribution in [3.05, 3.63) is 34.7 Å². The predicted octanol–water partition coefficient (Wildman–Crippen LogP) is 3.22. The van der Waals surface area contributed by atoms with Crippen molar-refractivity contribution in [1.82, 2.24) is 20.4 Å². The van der Waals surface area contributed by atoms with Crippen molar-refractivity contribution in [2.45, 2.75) is 19.8 Å². The average Bonchev–Trinajstić information content (AvgIpc) is 3.34. The molecule has 1 saturated heterocycles. The quantitative estimate of drug-likeness (QED) is 0.741. The molecule has 3 aromatic heterocycles. The molecular formula is C17H18N6OS2. The van der Waals surface area contributed by atoms with Gasteiger partial charge in [0.15, 0.2) is 5.82 Å². The van der Waals surface area contributed by atoms with Gasteiger partial charge in [-0.15, -0.1) is 31.7 Å². The molecule has 4 rings (SSSR count). The fraction of sp³-hybridized carbons (Fsp3) is 0.353. The second kappa shape index (κ2) is 7.46. The van der Waals surface area contributed by atoms with Crippen LogP contribution in [0.2, 0.25) is 0 Å². The van der Waals surface area contributed by atoms with Crippen molar-refractivity contribution in [3.63, 3.8) is 0 Å². The number of aromatic nitrogens is 4. The Hall–Kier alpha value is -2.39. The number of thiophene rings is 1. The maximum atomic E-state index is 12.4. The van der Waals surface area contributed by atoms with Crippen LogP contribution in [0.15, 0.2) is 29.6 Å². The smallest absolute Gasteiger partial charge is 0.229 e. The van der Waals surface area contributed by atoms with E-state index in [0.717, 1.165) is 47.3 Å². The highest BCUT2D eigenvalue weighted by atomic mass is 32.1. The van der Waals surface area contributed by atoms with Crippen LogP contribution in [0.3, 0.4) is 0 Å². The summed E-state index contributed by atoms with van der Waals surface area (Å²) < 4.78 is 0. The van der Waals surface area contributed by atoms with Crippen LogP contribution in [0.25, 0.3) is 10.6 Å². The van der Waals surface area contributed by atoms with Crippen LogP contribution in [0, 0.1) is 12.8 Å². The van der Waals surface area contributed by atoms with Gasteiger partial charge in [0.05, 0.1) is 4.88 Å². The molecule has 0 spiro atoms. The standard InChI is InChI=1S/C17H18N6OS2/c1-11-19-22-17(26-11)18-16(24)12-6-8-23(9-7-12)15-5-4-13(20-21-15)14-3-2-10-25-14/h2-5,10,12H,6-9H2,1H3,(H,18,22,24). The van der Waals surface area contributed by atoms with Gasteiger partial charge in [0, 0.05) is 19.0 Å². The van der Waals surface area contributed by atoms with Crippen molar-refractivity contribution in [1.29, 1.82) is 0 Å². The van der Waals surface area contributed by atoms with Crippen molar-refractivity contribution < 1.29 is 4.79 Å². The van der Waals surface area contributed by atoms with Crippen LogP contribution >= 0.6 is 22.7 Å². The number of anilines is 2. The summed E-state index contributed by atoms with van der Waals surface area (Å²) in [6.45, 7) is 3.46. The Morgan fingerprint density at radius 1 is 1.15 bits per heavy atom. The van der Waals surface area contributed by atoms with Gasteiger partial charge in [0.1, 0.15) is 10.7 Å². The summed E-state index contributed by atoms with van der Waals surface area (Å²) in [5.41, 5.74) is 0.894. The predicted molar refractivity (Wildman–Crippen MR) is 104 cm³/mol. The number of carbonyl (C=O) groups is 1. The van der Waals surface area contributed by atoms with Gasteiger partial charge in [-0.3, -0.25) is 4.79 Å². The minimum atomic E-state index is -0.00573. The average molecular weight is 387 g/mol. The summed E-state index contributed by atoms with van der Waals surface area (Å²) in [4.78, 5) is 15.7. The molecule has 1 N–H and O–H groups in total. The van der Waals surface area contributed by atoms with Crippen molar-refractivity contribution >= 4 is 39.5 Å². The zero-order valence-corrected chi connectivity index (χ0v) is 15.9. The Balaban J connectivity index is 1.33. The molecule has 1 aliphatic rings. The molecule has 4 heterocycles. The van der Waals surface area contributed by atoms with Gasteiger partial charge in [-0.25, -0.2) is 0 Å². The lowest BCUT2D eigenvalue weighted by Gasteiger charge is -2.31. The van der Waals surface area contributed by atoms with Gasteiger partial charge in [0.2, 0.25) is 11.0 Å². The molecule has 7 nitrogen and oxygen atoms in total. The van der Waals surface area contributed by atoms with Gasteiger partial charge in [0.25, 0.3) is 0 Å². The molecule has 0 saturated carbocycles. The van der Waals surface area contributed by atoms with Crippen LogP contribution in [0.5, 0.6) is 0 Å². The van der Waals surface area contributed by atoms with E-state index in [9.17, 15) is 4.79 Å². The second-order valence-corrected chi connectivity index (χ2v) is 8.26. The minimum absolute atomic E-state index is 0.00573. The van der Waals surface area contributed by atoms with Gasteiger partial charge in [-0.05, 0) is 43.3 Å². The van der Waals surface area contributed by atoms with Gasteiger partial charge in [-0.2, -0.15) is 0 Å². The zero-order valence-electron chi connectivity index (χ0n) is 14.3. The number of carbonyl (C=O) groups excluding carboxylic acids is 1. The molecule has 0 radical (unpaired) electrons. The summed E-state index contributed by atoms with van der Waals surface area (Å²) in [5.74, 6) is 0.887. The fourth-order valence-corrected chi connectivity index (χ4v) is 4.26. The zero-order chi connectivity index (χ0) is 17.9. The molecule has 0 aliphatic carbocycles. The normalized spacial score (nSPS) is 15.2. The third kappa shape index (κ3) is 3.73. The number of aryl methyl sites for hydroxylation is 1. The van der Waals surface area contributed by atoms with Crippen LogP contribution in [-0.2, 0) is 4.79 Å². The van der Waals surface area contributed by atoms with Crippen molar-refractivity contribution in [2.24, 2.45) is 5.92 Å².